The van der Waals surface area contributed by atoms with Gasteiger partial charge >= 0.3 is 0 Å². The number of hydrogen-bond donors (Lipinski definition) is 2. The van der Waals surface area contributed by atoms with E-state index in [1.165, 1.54) is 6.07 Å². The summed E-state index contributed by atoms with van der Waals surface area (Å²) in [5, 5.41) is 19.1. The molecule has 94 valence electrons. The highest BCUT2D eigenvalue weighted by molar-refractivity contribution is 5.45. The van der Waals surface area contributed by atoms with Crippen molar-refractivity contribution >= 4 is 0 Å². The van der Waals surface area contributed by atoms with E-state index in [-0.39, 0.29) is 17.4 Å². The number of hydrogen-bond acceptors (Lipinski definition) is 3. The SMILES string of the molecule is COc1ccc(C(C)c2ccc(O)cc2O)cc1. The zero-order valence-corrected chi connectivity index (χ0v) is 10.4. The molecule has 0 fully saturated rings. The molecule has 0 aliphatic rings. The van der Waals surface area contributed by atoms with Crippen LogP contribution in [0.1, 0.15) is 24.0 Å². The summed E-state index contributed by atoms with van der Waals surface area (Å²) >= 11 is 0. The molecule has 0 spiro atoms. The maximum absolute atomic E-state index is 9.84. The molecule has 0 amide bonds. The molecule has 0 aliphatic carbocycles. The van der Waals surface area contributed by atoms with Crippen molar-refractivity contribution in [2.24, 2.45) is 0 Å². The summed E-state index contributed by atoms with van der Waals surface area (Å²) in [6.45, 7) is 2.01. The minimum atomic E-state index is 0.0523. The van der Waals surface area contributed by atoms with E-state index in [1.807, 2.05) is 31.2 Å². The Morgan fingerprint density at radius 3 is 2.22 bits per heavy atom. The zero-order chi connectivity index (χ0) is 13.1. The van der Waals surface area contributed by atoms with Crippen molar-refractivity contribution < 1.29 is 14.9 Å². The van der Waals surface area contributed by atoms with E-state index in [9.17, 15) is 10.2 Å². The van der Waals surface area contributed by atoms with Gasteiger partial charge in [0.1, 0.15) is 17.2 Å². The van der Waals surface area contributed by atoms with Gasteiger partial charge in [0.15, 0.2) is 0 Å². The molecular weight excluding hydrogens is 228 g/mol. The Kier molecular flexibility index (Phi) is 3.42. The second-order valence-electron chi connectivity index (χ2n) is 4.24. The van der Waals surface area contributed by atoms with Gasteiger partial charge in [-0.3, -0.25) is 0 Å². The molecule has 0 bridgehead atoms. The highest BCUT2D eigenvalue weighted by Gasteiger charge is 2.13. The normalized spacial score (nSPS) is 12.1. The number of aromatic hydroxyl groups is 2. The van der Waals surface area contributed by atoms with Crippen LogP contribution < -0.4 is 4.74 Å². The molecule has 0 aliphatic heterocycles. The summed E-state index contributed by atoms with van der Waals surface area (Å²) in [6.07, 6.45) is 0. The lowest BCUT2D eigenvalue weighted by Gasteiger charge is -2.14. The Balaban J connectivity index is 2.31. The Morgan fingerprint density at radius 2 is 1.67 bits per heavy atom. The van der Waals surface area contributed by atoms with E-state index in [4.69, 9.17) is 4.74 Å². The summed E-state index contributed by atoms with van der Waals surface area (Å²) in [7, 11) is 1.63. The first-order chi connectivity index (χ1) is 8.61. The van der Waals surface area contributed by atoms with Crippen molar-refractivity contribution in [3.63, 3.8) is 0 Å². The van der Waals surface area contributed by atoms with Gasteiger partial charge in [-0.05, 0) is 23.8 Å². The number of benzene rings is 2. The average molecular weight is 244 g/mol. The predicted molar refractivity (Wildman–Crippen MR) is 70.3 cm³/mol. The number of methoxy groups -OCH3 is 1. The van der Waals surface area contributed by atoms with Crippen LogP contribution in [-0.2, 0) is 0 Å². The van der Waals surface area contributed by atoms with Gasteiger partial charge in [-0.15, -0.1) is 0 Å². The van der Waals surface area contributed by atoms with Gasteiger partial charge in [-0.25, -0.2) is 0 Å². The lowest BCUT2D eigenvalue weighted by atomic mass is 9.92. The minimum absolute atomic E-state index is 0.0523. The maximum atomic E-state index is 9.84. The van der Waals surface area contributed by atoms with Crippen molar-refractivity contribution in [3.8, 4) is 17.2 Å². The van der Waals surface area contributed by atoms with Crippen LogP contribution in [-0.4, -0.2) is 17.3 Å². The maximum Gasteiger partial charge on any atom is 0.123 e. The second-order valence-corrected chi connectivity index (χ2v) is 4.24. The molecule has 2 aromatic carbocycles. The van der Waals surface area contributed by atoms with E-state index < -0.39 is 0 Å². The van der Waals surface area contributed by atoms with Crippen LogP contribution in [0.5, 0.6) is 17.2 Å². The Labute approximate surface area is 106 Å². The van der Waals surface area contributed by atoms with E-state index in [1.54, 1.807) is 19.2 Å². The lowest BCUT2D eigenvalue weighted by Crippen LogP contribution is -1.96. The van der Waals surface area contributed by atoms with E-state index in [0.717, 1.165) is 16.9 Å². The fraction of sp³-hybridized carbons (Fsp3) is 0.200. The second kappa shape index (κ2) is 5.00. The molecule has 3 nitrogen and oxygen atoms in total. The van der Waals surface area contributed by atoms with E-state index in [2.05, 4.69) is 0 Å². The molecule has 0 aromatic heterocycles. The fourth-order valence-electron chi connectivity index (χ4n) is 1.97. The molecule has 0 heterocycles. The Bertz CT molecular complexity index is 532. The molecule has 2 aromatic rings. The quantitative estimate of drug-likeness (QED) is 0.871. The van der Waals surface area contributed by atoms with Crippen LogP contribution in [0.15, 0.2) is 42.5 Å². The molecular formula is C15H16O3. The monoisotopic (exact) mass is 244 g/mol. The van der Waals surface area contributed by atoms with Gasteiger partial charge in [0.05, 0.1) is 7.11 Å². The van der Waals surface area contributed by atoms with Crippen LogP contribution in [0, 0.1) is 0 Å². The van der Waals surface area contributed by atoms with Gasteiger partial charge in [0.2, 0.25) is 0 Å². The van der Waals surface area contributed by atoms with Crippen LogP contribution in [0.4, 0.5) is 0 Å². The van der Waals surface area contributed by atoms with Crippen molar-refractivity contribution in [3.05, 3.63) is 53.6 Å². The third-order valence-corrected chi connectivity index (χ3v) is 3.10. The lowest BCUT2D eigenvalue weighted by molar-refractivity contribution is 0.414. The summed E-state index contributed by atoms with van der Waals surface area (Å²) in [5.41, 5.74) is 1.87. The number of phenols is 2. The highest BCUT2D eigenvalue weighted by atomic mass is 16.5. The standard InChI is InChI=1S/C15H16O3/c1-10(11-3-6-13(18-2)7-4-11)14-8-5-12(16)9-15(14)17/h3-10,16-17H,1-2H3. The number of rotatable bonds is 3. The van der Waals surface area contributed by atoms with Gasteiger partial charge in [-0.2, -0.15) is 0 Å². The topological polar surface area (TPSA) is 49.7 Å². The summed E-state index contributed by atoms with van der Waals surface area (Å²) in [6, 6.07) is 12.4. The average Bonchev–Trinajstić information content (AvgIpc) is 2.38. The first-order valence-corrected chi connectivity index (χ1v) is 5.77. The van der Waals surface area contributed by atoms with E-state index >= 15 is 0 Å². The van der Waals surface area contributed by atoms with Crippen molar-refractivity contribution in [2.45, 2.75) is 12.8 Å². The first-order valence-electron chi connectivity index (χ1n) is 5.77. The molecule has 1 unspecified atom stereocenters. The molecule has 1 atom stereocenters. The third-order valence-electron chi connectivity index (χ3n) is 3.10. The van der Waals surface area contributed by atoms with Gasteiger partial charge in [0.25, 0.3) is 0 Å². The smallest absolute Gasteiger partial charge is 0.123 e. The first kappa shape index (κ1) is 12.3. The van der Waals surface area contributed by atoms with Gasteiger partial charge in [0, 0.05) is 17.5 Å². The van der Waals surface area contributed by atoms with Gasteiger partial charge < -0.3 is 14.9 Å². The van der Waals surface area contributed by atoms with Crippen LogP contribution >= 0.6 is 0 Å². The summed E-state index contributed by atoms with van der Waals surface area (Å²) in [5.74, 6) is 1.04. The Hall–Kier alpha value is -2.16. The molecule has 2 N–H and O–H groups in total. The highest BCUT2D eigenvalue weighted by Crippen LogP contribution is 2.33. The number of ether oxygens (including phenoxy) is 1. The van der Waals surface area contributed by atoms with Crippen LogP contribution in [0.25, 0.3) is 0 Å². The number of phenolic OH excluding ortho intramolecular Hbond substituents is 2. The minimum Gasteiger partial charge on any atom is -0.508 e. The van der Waals surface area contributed by atoms with Crippen LogP contribution in [0.2, 0.25) is 0 Å². The predicted octanol–water partition coefficient (Wildman–Crippen LogP) is 3.26. The van der Waals surface area contributed by atoms with Crippen molar-refractivity contribution in [1.82, 2.24) is 0 Å². The third kappa shape index (κ3) is 2.40. The summed E-state index contributed by atoms with van der Waals surface area (Å²) < 4.78 is 5.11. The van der Waals surface area contributed by atoms with E-state index in [0.29, 0.717) is 0 Å². The summed E-state index contributed by atoms with van der Waals surface area (Å²) in [4.78, 5) is 0. The molecule has 0 saturated carbocycles. The molecule has 0 saturated heterocycles. The largest absolute Gasteiger partial charge is 0.508 e. The fourth-order valence-corrected chi connectivity index (χ4v) is 1.97. The molecule has 2 rings (SSSR count). The Morgan fingerprint density at radius 1 is 1.00 bits per heavy atom. The zero-order valence-electron chi connectivity index (χ0n) is 10.4. The van der Waals surface area contributed by atoms with Crippen molar-refractivity contribution in [2.75, 3.05) is 7.11 Å². The van der Waals surface area contributed by atoms with Crippen molar-refractivity contribution in [1.29, 1.82) is 0 Å². The molecule has 18 heavy (non-hydrogen) atoms. The molecule has 3 heteroatoms. The van der Waals surface area contributed by atoms with Gasteiger partial charge in [-0.1, -0.05) is 25.1 Å². The molecule has 0 radical (unpaired) electrons. The van der Waals surface area contributed by atoms with Crippen LogP contribution in [0.3, 0.4) is 0 Å².